The maximum atomic E-state index is 13.0. The largest absolute Gasteiger partial charge is 0.309 e. The van der Waals surface area contributed by atoms with Gasteiger partial charge in [-0.3, -0.25) is 0 Å². The summed E-state index contributed by atoms with van der Waals surface area (Å²) in [5.41, 5.74) is 1.61. The molecular weight excluding hydrogens is 299 g/mol. The Morgan fingerprint density at radius 2 is 2.22 bits per heavy atom. The van der Waals surface area contributed by atoms with Gasteiger partial charge in [0.05, 0.1) is 17.6 Å². The molecule has 0 fully saturated rings. The van der Waals surface area contributed by atoms with E-state index < -0.39 is 0 Å². The molecule has 4 nitrogen and oxygen atoms in total. The smallest absolute Gasteiger partial charge is 0.124 e. The third kappa shape index (κ3) is 3.14. The van der Waals surface area contributed by atoms with Gasteiger partial charge in [-0.2, -0.15) is 0 Å². The molecule has 18 heavy (non-hydrogen) atoms. The molecule has 6 heteroatoms. The molecule has 0 atom stereocenters. The van der Waals surface area contributed by atoms with Gasteiger partial charge in [0.15, 0.2) is 0 Å². The Balaban J connectivity index is 2.18. The van der Waals surface area contributed by atoms with Crippen molar-refractivity contribution in [3.63, 3.8) is 0 Å². The molecule has 0 saturated carbocycles. The molecule has 2 rings (SSSR count). The van der Waals surface area contributed by atoms with E-state index in [1.165, 1.54) is 12.1 Å². The van der Waals surface area contributed by atoms with Crippen LogP contribution in [0.2, 0.25) is 0 Å². The zero-order valence-corrected chi connectivity index (χ0v) is 11.8. The van der Waals surface area contributed by atoms with Gasteiger partial charge in [0.1, 0.15) is 5.82 Å². The first-order chi connectivity index (χ1) is 8.56. The molecule has 0 amide bonds. The molecule has 0 bridgehead atoms. The van der Waals surface area contributed by atoms with Crippen molar-refractivity contribution in [3.8, 4) is 5.69 Å². The highest BCUT2D eigenvalue weighted by atomic mass is 79.9. The number of hydrogen-bond acceptors (Lipinski definition) is 3. The van der Waals surface area contributed by atoms with Gasteiger partial charge < -0.3 is 5.32 Å². The minimum absolute atomic E-state index is 0.285. The van der Waals surface area contributed by atoms with Crippen molar-refractivity contribution in [2.75, 3.05) is 0 Å². The fourth-order valence-electron chi connectivity index (χ4n) is 1.47. The summed E-state index contributed by atoms with van der Waals surface area (Å²) in [6.45, 7) is 4.80. The zero-order chi connectivity index (χ0) is 13.1. The van der Waals surface area contributed by atoms with Crippen molar-refractivity contribution in [3.05, 3.63) is 40.4 Å². The fourth-order valence-corrected chi connectivity index (χ4v) is 2.01. The highest BCUT2D eigenvalue weighted by molar-refractivity contribution is 9.10. The van der Waals surface area contributed by atoms with E-state index in [-0.39, 0.29) is 5.82 Å². The van der Waals surface area contributed by atoms with Crippen molar-refractivity contribution in [1.82, 2.24) is 20.3 Å². The van der Waals surface area contributed by atoms with Crippen LogP contribution in [0.5, 0.6) is 0 Å². The lowest BCUT2D eigenvalue weighted by molar-refractivity contribution is 0.580. The lowest BCUT2D eigenvalue weighted by atomic mass is 10.3. The zero-order valence-electron chi connectivity index (χ0n) is 10.2. The van der Waals surface area contributed by atoms with Crippen molar-refractivity contribution in [2.24, 2.45) is 0 Å². The van der Waals surface area contributed by atoms with Crippen LogP contribution in [0.15, 0.2) is 28.9 Å². The van der Waals surface area contributed by atoms with E-state index in [2.05, 4.69) is 45.4 Å². The topological polar surface area (TPSA) is 42.7 Å². The van der Waals surface area contributed by atoms with Crippen molar-refractivity contribution in [1.29, 1.82) is 0 Å². The minimum atomic E-state index is -0.285. The molecule has 0 radical (unpaired) electrons. The maximum Gasteiger partial charge on any atom is 0.124 e. The highest BCUT2D eigenvalue weighted by Crippen LogP contribution is 2.21. The first-order valence-corrected chi connectivity index (χ1v) is 6.45. The van der Waals surface area contributed by atoms with Crippen LogP contribution in [0, 0.1) is 5.82 Å². The average Bonchev–Trinajstić information content (AvgIpc) is 2.75. The average molecular weight is 313 g/mol. The summed E-state index contributed by atoms with van der Waals surface area (Å²) in [4.78, 5) is 0. The normalized spacial score (nSPS) is 11.2. The quantitative estimate of drug-likeness (QED) is 0.944. The SMILES string of the molecule is CC(C)NCc1cn(-c2ccc(F)cc2Br)nn1. The number of benzene rings is 1. The molecule has 0 unspecified atom stereocenters. The maximum absolute atomic E-state index is 13.0. The first kappa shape index (κ1) is 13.2. The Hall–Kier alpha value is -1.27. The van der Waals surface area contributed by atoms with Crippen molar-refractivity contribution >= 4 is 15.9 Å². The molecule has 0 aliphatic carbocycles. The van der Waals surface area contributed by atoms with Crippen LogP contribution in [-0.4, -0.2) is 21.0 Å². The predicted molar refractivity (Wildman–Crippen MR) is 71.0 cm³/mol. The van der Waals surface area contributed by atoms with E-state index in [4.69, 9.17) is 0 Å². The lowest BCUT2D eigenvalue weighted by Gasteiger charge is -2.04. The molecule has 0 saturated heterocycles. The van der Waals surface area contributed by atoms with Gasteiger partial charge >= 0.3 is 0 Å². The summed E-state index contributed by atoms with van der Waals surface area (Å²) in [5, 5.41) is 11.4. The number of halogens is 2. The summed E-state index contributed by atoms with van der Waals surface area (Å²) in [7, 11) is 0. The van der Waals surface area contributed by atoms with Gasteiger partial charge in [-0.05, 0) is 34.1 Å². The third-order valence-electron chi connectivity index (χ3n) is 2.39. The molecular formula is C12H14BrFN4. The van der Waals surface area contributed by atoms with Gasteiger partial charge in [-0.1, -0.05) is 19.1 Å². The molecule has 0 spiro atoms. The Kier molecular flexibility index (Phi) is 4.08. The molecule has 96 valence electrons. The van der Waals surface area contributed by atoms with E-state index in [9.17, 15) is 4.39 Å². The monoisotopic (exact) mass is 312 g/mol. The molecule has 2 aromatic rings. The molecule has 1 aromatic carbocycles. The molecule has 1 N–H and O–H groups in total. The second-order valence-electron chi connectivity index (χ2n) is 4.29. The summed E-state index contributed by atoms with van der Waals surface area (Å²) < 4.78 is 15.3. The van der Waals surface area contributed by atoms with E-state index >= 15 is 0 Å². The Morgan fingerprint density at radius 1 is 1.44 bits per heavy atom. The number of hydrogen-bond donors (Lipinski definition) is 1. The predicted octanol–water partition coefficient (Wildman–Crippen LogP) is 2.67. The van der Waals surface area contributed by atoms with Gasteiger partial charge in [-0.25, -0.2) is 9.07 Å². The van der Waals surface area contributed by atoms with Crippen LogP contribution in [-0.2, 0) is 6.54 Å². The summed E-state index contributed by atoms with van der Waals surface area (Å²) in [6.07, 6.45) is 1.83. The molecule has 0 aliphatic rings. The van der Waals surface area contributed by atoms with E-state index in [1.807, 2.05) is 6.20 Å². The van der Waals surface area contributed by atoms with Gasteiger partial charge in [-0.15, -0.1) is 5.10 Å². The number of aromatic nitrogens is 3. The van der Waals surface area contributed by atoms with Gasteiger partial charge in [0.25, 0.3) is 0 Å². The van der Waals surface area contributed by atoms with Crippen LogP contribution < -0.4 is 5.32 Å². The fraction of sp³-hybridized carbons (Fsp3) is 0.333. The molecule has 0 aliphatic heterocycles. The third-order valence-corrected chi connectivity index (χ3v) is 3.02. The Bertz CT molecular complexity index is 539. The Morgan fingerprint density at radius 3 is 2.89 bits per heavy atom. The summed E-state index contributed by atoms with van der Waals surface area (Å²) in [5.74, 6) is -0.285. The van der Waals surface area contributed by atoms with E-state index in [1.54, 1.807) is 10.7 Å². The number of nitrogens with zero attached hydrogens (tertiary/aromatic N) is 3. The minimum Gasteiger partial charge on any atom is -0.309 e. The first-order valence-electron chi connectivity index (χ1n) is 5.66. The Labute approximate surface area is 113 Å². The van der Waals surface area contributed by atoms with Gasteiger partial charge in [0, 0.05) is 17.1 Å². The molecule has 1 aromatic heterocycles. The van der Waals surface area contributed by atoms with E-state index in [0.29, 0.717) is 17.1 Å². The van der Waals surface area contributed by atoms with E-state index in [0.717, 1.165) is 11.4 Å². The highest BCUT2D eigenvalue weighted by Gasteiger charge is 2.07. The summed E-state index contributed by atoms with van der Waals surface area (Å²) in [6, 6.07) is 4.86. The van der Waals surface area contributed by atoms with Crippen molar-refractivity contribution < 1.29 is 4.39 Å². The molecule has 1 heterocycles. The van der Waals surface area contributed by atoms with Crippen LogP contribution in [0.1, 0.15) is 19.5 Å². The summed E-state index contributed by atoms with van der Waals surface area (Å²) >= 11 is 3.31. The lowest BCUT2D eigenvalue weighted by Crippen LogP contribution is -2.21. The van der Waals surface area contributed by atoms with Gasteiger partial charge in [0.2, 0.25) is 0 Å². The standard InChI is InChI=1S/C12H14BrFN4/c1-8(2)15-6-10-7-18(17-16-10)12-4-3-9(14)5-11(12)13/h3-5,7-8,15H,6H2,1-2H3. The number of nitrogens with one attached hydrogen (secondary N) is 1. The second-order valence-corrected chi connectivity index (χ2v) is 5.14. The second kappa shape index (κ2) is 5.58. The van der Waals surface area contributed by atoms with Crippen molar-refractivity contribution in [2.45, 2.75) is 26.4 Å². The van der Waals surface area contributed by atoms with Crippen LogP contribution in [0.3, 0.4) is 0 Å². The number of rotatable bonds is 4. The van der Waals surface area contributed by atoms with Crippen LogP contribution in [0.25, 0.3) is 5.69 Å². The van der Waals surface area contributed by atoms with Crippen LogP contribution >= 0.6 is 15.9 Å². The van der Waals surface area contributed by atoms with Crippen LogP contribution in [0.4, 0.5) is 4.39 Å².